The van der Waals surface area contributed by atoms with Gasteiger partial charge in [0.1, 0.15) is 0 Å². The lowest BCUT2D eigenvalue weighted by Crippen LogP contribution is -2.31. The zero-order chi connectivity index (χ0) is 11.0. The molecule has 1 saturated carbocycles. The Morgan fingerprint density at radius 2 is 1.71 bits per heavy atom. The summed E-state index contributed by atoms with van der Waals surface area (Å²) >= 11 is 0. The van der Waals surface area contributed by atoms with E-state index in [0.717, 1.165) is 25.7 Å². The van der Waals surface area contributed by atoms with E-state index in [9.17, 15) is 9.90 Å². The first-order valence-electron chi connectivity index (χ1n) is 5.49. The van der Waals surface area contributed by atoms with Crippen LogP contribution < -0.4 is 0 Å². The average Bonchev–Trinajstić information content (AvgIpc) is 2.80. The Balaban J connectivity index is 2.56. The van der Waals surface area contributed by atoms with Crippen LogP contribution in [0.3, 0.4) is 0 Å². The van der Waals surface area contributed by atoms with Gasteiger partial charge in [0.2, 0.25) is 0 Å². The van der Waals surface area contributed by atoms with E-state index in [1.807, 2.05) is 6.92 Å². The fourth-order valence-corrected chi connectivity index (χ4v) is 1.84. The van der Waals surface area contributed by atoms with Crippen molar-refractivity contribution >= 4 is 5.97 Å². The molecule has 1 rings (SSSR count). The van der Waals surface area contributed by atoms with Gasteiger partial charge in [0.05, 0.1) is 5.41 Å². The molecule has 0 aromatic carbocycles. The molecule has 2 heteroatoms. The second-order valence-corrected chi connectivity index (χ2v) is 6.06. The van der Waals surface area contributed by atoms with Gasteiger partial charge < -0.3 is 5.11 Å². The number of hydrogen-bond donors (Lipinski definition) is 1. The highest BCUT2D eigenvalue weighted by atomic mass is 16.4. The minimum absolute atomic E-state index is 0.242. The molecule has 1 aliphatic rings. The normalized spacial score (nSPS) is 21.7. The van der Waals surface area contributed by atoms with Gasteiger partial charge in [-0.25, -0.2) is 0 Å². The molecular formula is C12H22O2. The quantitative estimate of drug-likeness (QED) is 0.752. The number of carbonyl (C=O) groups is 1. The molecule has 1 fully saturated rings. The van der Waals surface area contributed by atoms with E-state index in [2.05, 4.69) is 20.8 Å². The van der Waals surface area contributed by atoms with E-state index in [0.29, 0.717) is 5.92 Å². The first kappa shape index (κ1) is 11.5. The molecule has 0 heterocycles. The van der Waals surface area contributed by atoms with Crippen LogP contribution in [-0.4, -0.2) is 11.1 Å². The first-order chi connectivity index (χ1) is 6.26. The summed E-state index contributed by atoms with van der Waals surface area (Å²) in [6.07, 6.45) is 4.02. The van der Waals surface area contributed by atoms with E-state index >= 15 is 0 Å². The van der Waals surface area contributed by atoms with E-state index in [1.165, 1.54) is 0 Å². The van der Waals surface area contributed by atoms with Crippen LogP contribution in [0, 0.1) is 16.7 Å². The fourth-order valence-electron chi connectivity index (χ4n) is 1.84. The maximum absolute atomic E-state index is 11.2. The molecule has 0 bridgehead atoms. The minimum atomic E-state index is -0.607. The van der Waals surface area contributed by atoms with E-state index < -0.39 is 11.4 Å². The summed E-state index contributed by atoms with van der Waals surface area (Å²) < 4.78 is 0. The fraction of sp³-hybridized carbons (Fsp3) is 0.917. The zero-order valence-electron chi connectivity index (χ0n) is 9.76. The Labute approximate surface area is 86.7 Å². The zero-order valence-corrected chi connectivity index (χ0v) is 9.76. The Hall–Kier alpha value is -0.530. The topological polar surface area (TPSA) is 37.3 Å². The first-order valence-corrected chi connectivity index (χ1v) is 5.49. The number of carboxylic acids is 1. The predicted octanol–water partition coefficient (Wildman–Crippen LogP) is 3.31. The molecule has 0 aromatic heterocycles. The van der Waals surface area contributed by atoms with Crippen molar-refractivity contribution in [1.82, 2.24) is 0 Å². The Bertz CT molecular complexity index is 223. The highest BCUT2D eigenvalue weighted by molar-refractivity contribution is 5.75. The molecular weight excluding hydrogens is 176 g/mol. The number of carboxylic acid groups (broad SMARTS) is 1. The van der Waals surface area contributed by atoms with Gasteiger partial charge in [0.25, 0.3) is 0 Å². The van der Waals surface area contributed by atoms with Crippen LogP contribution in [-0.2, 0) is 4.79 Å². The lowest BCUT2D eigenvalue weighted by atomic mass is 9.76. The highest BCUT2D eigenvalue weighted by Gasteiger charge is 2.47. The van der Waals surface area contributed by atoms with Gasteiger partial charge in [-0.3, -0.25) is 4.79 Å². The molecule has 1 atom stereocenters. The van der Waals surface area contributed by atoms with Crippen LogP contribution in [0.15, 0.2) is 0 Å². The molecule has 1 unspecified atom stereocenters. The van der Waals surface area contributed by atoms with Gasteiger partial charge in [0, 0.05) is 0 Å². The predicted molar refractivity (Wildman–Crippen MR) is 57.2 cm³/mol. The standard InChI is InChI=1S/C12H22O2/c1-11(2,3)7-8-12(4,10(13)14)9-5-6-9/h9H,5-8H2,1-4H3,(H,13,14). The molecule has 14 heavy (non-hydrogen) atoms. The molecule has 82 valence electrons. The third kappa shape index (κ3) is 2.73. The monoisotopic (exact) mass is 198 g/mol. The van der Waals surface area contributed by atoms with Crippen LogP contribution in [0.1, 0.15) is 53.4 Å². The molecule has 0 aromatic rings. The molecule has 2 nitrogen and oxygen atoms in total. The van der Waals surface area contributed by atoms with Crippen molar-refractivity contribution in [2.24, 2.45) is 16.7 Å². The largest absolute Gasteiger partial charge is 0.481 e. The summed E-state index contributed by atoms with van der Waals surface area (Å²) in [7, 11) is 0. The van der Waals surface area contributed by atoms with Gasteiger partial charge in [-0.1, -0.05) is 20.8 Å². The van der Waals surface area contributed by atoms with Crippen LogP contribution in [0.5, 0.6) is 0 Å². The van der Waals surface area contributed by atoms with Gasteiger partial charge in [-0.05, 0) is 43.9 Å². The van der Waals surface area contributed by atoms with Crippen LogP contribution in [0.4, 0.5) is 0 Å². The maximum atomic E-state index is 11.2. The SMILES string of the molecule is CC(C)(C)CCC(C)(C(=O)O)C1CC1. The van der Waals surface area contributed by atoms with Crippen molar-refractivity contribution in [1.29, 1.82) is 0 Å². The number of rotatable bonds is 4. The summed E-state index contributed by atoms with van der Waals surface area (Å²) in [6.45, 7) is 8.42. The molecule has 0 aliphatic heterocycles. The Morgan fingerprint density at radius 1 is 1.21 bits per heavy atom. The molecule has 0 saturated heterocycles. The Morgan fingerprint density at radius 3 is 2.00 bits per heavy atom. The summed E-state index contributed by atoms with van der Waals surface area (Å²) in [5.74, 6) is -0.174. The second kappa shape index (κ2) is 3.56. The second-order valence-electron chi connectivity index (χ2n) is 6.06. The lowest BCUT2D eigenvalue weighted by Gasteiger charge is -2.28. The molecule has 0 amide bonds. The third-order valence-electron chi connectivity index (χ3n) is 3.36. The van der Waals surface area contributed by atoms with Crippen LogP contribution in [0.2, 0.25) is 0 Å². The molecule has 1 N–H and O–H groups in total. The summed E-state index contributed by atoms with van der Waals surface area (Å²) in [4.78, 5) is 11.2. The highest BCUT2D eigenvalue weighted by Crippen LogP contribution is 2.49. The van der Waals surface area contributed by atoms with Gasteiger partial charge in [-0.15, -0.1) is 0 Å². The van der Waals surface area contributed by atoms with Crippen molar-refractivity contribution in [2.75, 3.05) is 0 Å². The van der Waals surface area contributed by atoms with Crippen molar-refractivity contribution in [3.05, 3.63) is 0 Å². The number of aliphatic carboxylic acids is 1. The van der Waals surface area contributed by atoms with Gasteiger partial charge in [0.15, 0.2) is 0 Å². The molecule has 0 radical (unpaired) electrons. The van der Waals surface area contributed by atoms with Crippen LogP contribution in [0.25, 0.3) is 0 Å². The van der Waals surface area contributed by atoms with Crippen LogP contribution >= 0.6 is 0 Å². The van der Waals surface area contributed by atoms with Gasteiger partial charge >= 0.3 is 5.97 Å². The average molecular weight is 198 g/mol. The summed E-state index contributed by atoms with van der Waals surface area (Å²) in [5, 5.41) is 9.24. The van der Waals surface area contributed by atoms with Crippen molar-refractivity contribution in [3.8, 4) is 0 Å². The van der Waals surface area contributed by atoms with Crippen molar-refractivity contribution < 1.29 is 9.90 Å². The summed E-state index contributed by atoms with van der Waals surface area (Å²) in [5.41, 5.74) is -0.223. The Kier molecular flexibility index (Phi) is 2.93. The van der Waals surface area contributed by atoms with E-state index in [1.54, 1.807) is 0 Å². The van der Waals surface area contributed by atoms with Gasteiger partial charge in [-0.2, -0.15) is 0 Å². The third-order valence-corrected chi connectivity index (χ3v) is 3.36. The summed E-state index contributed by atoms with van der Waals surface area (Å²) in [6, 6.07) is 0. The van der Waals surface area contributed by atoms with E-state index in [4.69, 9.17) is 0 Å². The lowest BCUT2D eigenvalue weighted by molar-refractivity contribution is -0.150. The van der Waals surface area contributed by atoms with E-state index in [-0.39, 0.29) is 5.41 Å². The van der Waals surface area contributed by atoms with Crippen molar-refractivity contribution in [2.45, 2.75) is 53.4 Å². The molecule has 1 aliphatic carbocycles. The smallest absolute Gasteiger partial charge is 0.309 e. The molecule has 0 spiro atoms. The minimum Gasteiger partial charge on any atom is -0.481 e. The van der Waals surface area contributed by atoms with Crippen molar-refractivity contribution in [3.63, 3.8) is 0 Å². The maximum Gasteiger partial charge on any atom is 0.309 e. The number of hydrogen-bond acceptors (Lipinski definition) is 1.